The van der Waals surface area contributed by atoms with Crippen LogP contribution in [-0.4, -0.2) is 25.8 Å². The quantitative estimate of drug-likeness (QED) is 0.597. The van der Waals surface area contributed by atoms with Gasteiger partial charge in [0.15, 0.2) is 0 Å². The van der Waals surface area contributed by atoms with Crippen molar-refractivity contribution in [2.45, 2.75) is 26.4 Å². The Morgan fingerprint density at radius 2 is 2.24 bits per heavy atom. The van der Waals surface area contributed by atoms with Crippen molar-refractivity contribution >= 4 is 5.97 Å². The van der Waals surface area contributed by atoms with Crippen molar-refractivity contribution in [3.63, 3.8) is 0 Å². The molecule has 1 aliphatic rings. The molecule has 0 aromatic carbocycles. The van der Waals surface area contributed by atoms with E-state index < -0.39 is 0 Å². The fourth-order valence-electron chi connectivity index (χ4n) is 1.46. The topological polar surface area (TPSA) is 61.5 Å². The minimum absolute atomic E-state index is 0.246. The summed E-state index contributed by atoms with van der Waals surface area (Å²) >= 11 is 0. The predicted molar refractivity (Wildman–Crippen MR) is 66.2 cm³/mol. The third-order valence-electron chi connectivity index (χ3n) is 2.49. The molecule has 2 N–H and O–H groups in total. The van der Waals surface area contributed by atoms with E-state index in [-0.39, 0.29) is 12.1 Å². The van der Waals surface area contributed by atoms with Crippen LogP contribution in [0.5, 0.6) is 0 Å². The van der Waals surface area contributed by atoms with E-state index in [4.69, 9.17) is 10.5 Å². The van der Waals surface area contributed by atoms with Gasteiger partial charge in [-0.3, -0.25) is 0 Å². The van der Waals surface area contributed by atoms with Crippen LogP contribution >= 0.6 is 0 Å². The zero-order valence-corrected chi connectivity index (χ0v) is 10.5. The molecule has 0 aromatic heterocycles. The maximum atomic E-state index is 11.4. The number of hydrogen-bond donors (Lipinski definition) is 1. The molecule has 0 heterocycles. The van der Waals surface area contributed by atoms with Crippen molar-refractivity contribution < 1.29 is 14.3 Å². The summed E-state index contributed by atoms with van der Waals surface area (Å²) in [6.45, 7) is 4.50. The number of carbonyl (C=O) groups excluding carboxylic acids is 1. The molecular formula is C13H19NO3. The van der Waals surface area contributed by atoms with E-state index in [0.29, 0.717) is 24.3 Å². The van der Waals surface area contributed by atoms with Crippen molar-refractivity contribution in [1.82, 2.24) is 0 Å². The van der Waals surface area contributed by atoms with E-state index in [1.807, 2.05) is 19.9 Å². The van der Waals surface area contributed by atoms with Gasteiger partial charge in [0.2, 0.25) is 0 Å². The number of nitrogens with two attached hydrogens (primary N) is 1. The molecule has 94 valence electrons. The largest absolute Gasteiger partial charge is 0.466 e. The Morgan fingerprint density at radius 3 is 2.82 bits per heavy atom. The van der Waals surface area contributed by atoms with Gasteiger partial charge in [0, 0.05) is 17.7 Å². The highest BCUT2D eigenvalue weighted by Crippen LogP contribution is 2.20. The van der Waals surface area contributed by atoms with Gasteiger partial charge in [-0.05, 0) is 26.0 Å². The molecule has 0 spiro atoms. The lowest BCUT2D eigenvalue weighted by Gasteiger charge is -2.21. The molecule has 0 amide bonds. The van der Waals surface area contributed by atoms with Gasteiger partial charge in [-0.25, -0.2) is 4.79 Å². The lowest BCUT2D eigenvalue weighted by molar-refractivity contribution is -0.136. The molecule has 17 heavy (non-hydrogen) atoms. The number of allylic oxidation sites excluding steroid dienone is 3. The van der Waals surface area contributed by atoms with Gasteiger partial charge in [0.1, 0.15) is 6.10 Å². The molecule has 0 radical (unpaired) electrons. The average Bonchev–Trinajstić information content (AvgIpc) is 2.30. The van der Waals surface area contributed by atoms with Gasteiger partial charge in [-0.15, -0.1) is 0 Å². The summed E-state index contributed by atoms with van der Waals surface area (Å²) in [7, 11) is 1.36. The minimum atomic E-state index is -0.329. The Bertz CT molecular complexity index is 376. The van der Waals surface area contributed by atoms with Crippen LogP contribution in [0.1, 0.15) is 20.3 Å². The number of carbonyl (C=O) groups is 1. The van der Waals surface area contributed by atoms with Crippen molar-refractivity contribution in [3.05, 3.63) is 35.1 Å². The lowest BCUT2D eigenvalue weighted by atomic mass is 10.00. The van der Waals surface area contributed by atoms with Gasteiger partial charge in [-0.2, -0.15) is 0 Å². The molecule has 1 unspecified atom stereocenters. The Hall–Kier alpha value is -1.55. The van der Waals surface area contributed by atoms with E-state index >= 15 is 0 Å². The van der Waals surface area contributed by atoms with Crippen LogP contribution in [0.4, 0.5) is 0 Å². The predicted octanol–water partition coefficient (Wildman–Crippen LogP) is 1.68. The number of esters is 1. The second-order valence-electron chi connectivity index (χ2n) is 4.16. The van der Waals surface area contributed by atoms with Crippen molar-refractivity contribution in [3.8, 4) is 0 Å². The Morgan fingerprint density at radius 1 is 1.53 bits per heavy atom. The Kier molecular flexibility index (Phi) is 4.97. The molecule has 0 aliphatic heterocycles. The monoisotopic (exact) mass is 237 g/mol. The summed E-state index contributed by atoms with van der Waals surface area (Å²) in [5.74, 6) is -0.329. The van der Waals surface area contributed by atoms with Crippen LogP contribution in [-0.2, 0) is 14.3 Å². The van der Waals surface area contributed by atoms with E-state index in [1.165, 1.54) is 12.7 Å². The summed E-state index contributed by atoms with van der Waals surface area (Å²) < 4.78 is 10.3. The van der Waals surface area contributed by atoms with Crippen LogP contribution in [0.2, 0.25) is 0 Å². The smallest absolute Gasteiger partial charge is 0.333 e. The molecule has 1 atom stereocenters. The van der Waals surface area contributed by atoms with Gasteiger partial charge in [0.25, 0.3) is 0 Å². The Labute approximate surface area is 102 Å². The molecule has 0 aromatic rings. The van der Waals surface area contributed by atoms with Crippen LogP contribution in [0.3, 0.4) is 0 Å². The molecule has 0 saturated carbocycles. The van der Waals surface area contributed by atoms with Gasteiger partial charge >= 0.3 is 5.97 Å². The number of hydrogen-bond acceptors (Lipinski definition) is 4. The minimum Gasteiger partial charge on any atom is -0.466 e. The second-order valence-corrected chi connectivity index (χ2v) is 4.16. The first-order valence-electron chi connectivity index (χ1n) is 5.54. The molecule has 0 bridgehead atoms. The summed E-state index contributed by atoms with van der Waals surface area (Å²) in [6.07, 6.45) is 5.57. The Balaban J connectivity index is 2.59. The molecule has 4 heteroatoms. The fraction of sp³-hybridized carbons (Fsp3) is 0.462. The van der Waals surface area contributed by atoms with Crippen LogP contribution in [0.15, 0.2) is 35.1 Å². The lowest BCUT2D eigenvalue weighted by Crippen LogP contribution is -2.26. The van der Waals surface area contributed by atoms with Crippen LogP contribution < -0.4 is 5.73 Å². The molecule has 0 saturated heterocycles. The molecule has 1 aliphatic carbocycles. The fourth-order valence-corrected chi connectivity index (χ4v) is 1.46. The van der Waals surface area contributed by atoms with E-state index in [9.17, 15) is 4.79 Å². The third-order valence-corrected chi connectivity index (χ3v) is 2.49. The highest BCUT2D eigenvalue weighted by atomic mass is 16.5. The summed E-state index contributed by atoms with van der Waals surface area (Å²) in [5.41, 5.74) is 8.23. The third kappa shape index (κ3) is 4.07. The molecule has 4 nitrogen and oxygen atoms in total. The van der Waals surface area contributed by atoms with E-state index in [2.05, 4.69) is 4.74 Å². The zero-order chi connectivity index (χ0) is 12.8. The maximum absolute atomic E-state index is 11.4. The summed E-state index contributed by atoms with van der Waals surface area (Å²) in [6, 6.07) is 0. The van der Waals surface area contributed by atoms with E-state index in [0.717, 1.165) is 0 Å². The molecular weight excluding hydrogens is 218 g/mol. The number of rotatable bonds is 4. The highest BCUT2D eigenvalue weighted by Gasteiger charge is 2.22. The number of ether oxygens (including phenoxy) is 2. The SMILES string of the molecule is COC(=O)C1=CC=C(N)C(OCC=C(C)C)C1. The normalized spacial score (nSPS) is 19.1. The molecule has 1 rings (SSSR count). The van der Waals surface area contributed by atoms with E-state index in [1.54, 1.807) is 12.2 Å². The first-order chi connectivity index (χ1) is 8.04. The maximum Gasteiger partial charge on any atom is 0.333 e. The van der Waals surface area contributed by atoms with Gasteiger partial charge in [0.05, 0.1) is 13.7 Å². The summed E-state index contributed by atoms with van der Waals surface area (Å²) in [4.78, 5) is 11.4. The summed E-state index contributed by atoms with van der Waals surface area (Å²) in [5, 5.41) is 0. The standard InChI is InChI=1S/C13H19NO3/c1-9(2)6-7-17-12-8-10(13(15)16-3)4-5-11(12)14/h4-6,12H,7-8,14H2,1-3H3. The molecule has 0 fully saturated rings. The first-order valence-corrected chi connectivity index (χ1v) is 5.54. The van der Waals surface area contributed by atoms with Crippen LogP contribution in [0.25, 0.3) is 0 Å². The highest BCUT2D eigenvalue weighted by molar-refractivity contribution is 5.89. The van der Waals surface area contributed by atoms with Crippen molar-refractivity contribution in [1.29, 1.82) is 0 Å². The van der Waals surface area contributed by atoms with Gasteiger partial charge < -0.3 is 15.2 Å². The zero-order valence-electron chi connectivity index (χ0n) is 10.5. The average molecular weight is 237 g/mol. The van der Waals surface area contributed by atoms with Crippen LogP contribution in [0, 0.1) is 0 Å². The van der Waals surface area contributed by atoms with Crippen molar-refractivity contribution in [2.75, 3.05) is 13.7 Å². The second kappa shape index (κ2) is 6.25. The first kappa shape index (κ1) is 13.5. The van der Waals surface area contributed by atoms with Gasteiger partial charge in [-0.1, -0.05) is 11.6 Å². The van der Waals surface area contributed by atoms with Crippen molar-refractivity contribution in [2.24, 2.45) is 5.73 Å². The number of methoxy groups -OCH3 is 1.